The molecule has 0 fully saturated rings. The van der Waals surface area contributed by atoms with E-state index < -0.39 is 24.3 Å². The Hall–Kier alpha value is -3.95. The van der Waals surface area contributed by atoms with E-state index >= 15 is 0 Å². The summed E-state index contributed by atoms with van der Waals surface area (Å²) in [5.74, 6) is -0.940. The number of amides is 1. The number of primary amides is 1. The average Bonchev–Trinajstić information content (AvgIpc) is 3.16. The van der Waals surface area contributed by atoms with Gasteiger partial charge in [0.1, 0.15) is 5.82 Å². The summed E-state index contributed by atoms with van der Waals surface area (Å²) in [7, 11) is 0. The molecule has 4 aromatic rings. The van der Waals surface area contributed by atoms with E-state index in [2.05, 4.69) is 15.4 Å². The first-order valence-electron chi connectivity index (χ1n) is 10.4. The van der Waals surface area contributed by atoms with Crippen molar-refractivity contribution in [3.8, 4) is 11.3 Å². The summed E-state index contributed by atoms with van der Waals surface area (Å²) in [6, 6.07) is 12.7. The van der Waals surface area contributed by atoms with Crippen LogP contribution in [0.25, 0.3) is 16.9 Å². The third kappa shape index (κ3) is 5.16. The lowest BCUT2D eigenvalue weighted by Gasteiger charge is -2.13. The first-order valence-corrected chi connectivity index (χ1v) is 10.4. The highest BCUT2D eigenvalue weighted by Crippen LogP contribution is 2.28. The van der Waals surface area contributed by atoms with Gasteiger partial charge < -0.3 is 11.1 Å². The lowest BCUT2D eigenvalue weighted by molar-refractivity contribution is -0.131. The summed E-state index contributed by atoms with van der Waals surface area (Å²) < 4.78 is 53.3. The molecule has 0 unspecified atom stereocenters. The SMILES string of the molecule is Cc1cc(-c2cnc3c(NCCC(F)(F)F)cc(Cc4cccc(F)c4)nn23)ccc1C(N)=O. The van der Waals surface area contributed by atoms with Crippen molar-refractivity contribution < 1.29 is 22.4 Å². The van der Waals surface area contributed by atoms with Crippen LogP contribution in [0.15, 0.2) is 54.7 Å². The number of aryl methyl sites for hydroxylation is 1. The molecule has 1 amide bonds. The van der Waals surface area contributed by atoms with Crippen molar-refractivity contribution in [3.05, 3.63) is 82.9 Å². The van der Waals surface area contributed by atoms with Crippen LogP contribution in [0.3, 0.4) is 0 Å². The standard InChI is InChI=1S/C24H21F4N5O/c1-14-9-16(5-6-19(14)22(29)34)21-13-31-23-20(30-8-7-24(26,27)28)12-18(32-33(21)23)11-15-3-2-4-17(25)10-15/h2-6,9-10,12-13,30H,7-8,11H2,1H3,(H2,29,34). The number of carbonyl (C=O) groups is 1. The lowest BCUT2D eigenvalue weighted by atomic mass is 10.0. The number of alkyl halides is 3. The van der Waals surface area contributed by atoms with Crippen molar-refractivity contribution in [2.24, 2.45) is 5.73 Å². The van der Waals surface area contributed by atoms with Gasteiger partial charge in [-0.3, -0.25) is 4.79 Å². The van der Waals surface area contributed by atoms with Crippen LogP contribution in [0.2, 0.25) is 0 Å². The molecule has 34 heavy (non-hydrogen) atoms. The van der Waals surface area contributed by atoms with Gasteiger partial charge in [0.15, 0.2) is 5.65 Å². The number of aromatic nitrogens is 3. The number of nitrogens with one attached hydrogen (secondary N) is 1. The van der Waals surface area contributed by atoms with Crippen LogP contribution >= 0.6 is 0 Å². The van der Waals surface area contributed by atoms with Crippen LogP contribution in [-0.4, -0.2) is 33.2 Å². The van der Waals surface area contributed by atoms with Crippen LogP contribution in [0, 0.1) is 12.7 Å². The van der Waals surface area contributed by atoms with Crippen LogP contribution in [0.5, 0.6) is 0 Å². The minimum absolute atomic E-state index is 0.263. The molecule has 0 saturated carbocycles. The van der Waals surface area contributed by atoms with Crippen LogP contribution in [0.4, 0.5) is 23.2 Å². The third-order valence-electron chi connectivity index (χ3n) is 5.30. The van der Waals surface area contributed by atoms with Gasteiger partial charge in [-0.1, -0.05) is 18.2 Å². The van der Waals surface area contributed by atoms with E-state index in [9.17, 15) is 22.4 Å². The summed E-state index contributed by atoms with van der Waals surface area (Å²) in [6.45, 7) is 1.41. The zero-order valence-corrected chi connectivity index (χ0v) is 18.2. The first kappa shape index (κ1) is 23.2. The molecule has 0 radical (unpaired) electrons. The lowest BCUT2D eigenvalue weighted by Crippen LogP contribution is -2.15. The predicted octanol–water partition coefficient (Wildman–Crippen LogP) is 4.90. The van der Waals surface area contributed by atoms with Crippen molar-refractivity contribution in [2.75, 3.05) is 11.9 Å². The van der Waals surface area contributed by atoms with Crippen LogP contribution in [0.1, 0.15) is 33.6 Å². The highest BCUT2D eigenvalue weighted by atomic mass is 19.4. The van der Waals surface area contributed by atoms with Crippen LogP contribution < -0.4 is 11.1 Å². The quantitative estimate of drug-likeness (QED) is 0.376. The van der Waals surface area contributed by atoms with Gasteiger partial charge in [0.25, 0.3) is 0 Å². The van der Waals surface area contributed by atoms with E-state index in [1.807, 2.05) is 0 Å². The first-order chi connectivity index (χ1) is 16.1. The Morgan fingerprint density at radius 3 is 2.62 bits per heavy atom. The Labute approximate surface area is 192 Å². The normalized spacial score (nSPS) is 11.7. The number of fused-ring (bicyclic) bond motifs is 1. The average molecular weight is 471 g/mol. The number of anilines is 1. The van der Waals surface area contributed by atoms with Gasteiger partial charge in [0, 0.05) is 24.1 Å². The summed E-state index contributed by atoms with van der Waals surface area (Å²) in [4.78, 5) is 15.9. The number of carbonyl (C=O) groups excluding carboxylic acids is 1. The molecule has 0 aliphatic carbocycles. The Kier molecular flexibility index (Phi) is 6.23. The second-order valence-electron chi connectivity index (χ2n) is 7.92. The molecule has 176 valence electrons. The van der Waals surface area contributed by atoms with Crippen molar-refractivity contribution in [3.63, 3.8) is 0 Å². The minimum atomic E-state index is -4.30. The maximum atomic E-state index is 13.7. The molecule has 0 spiro atoms. The molecular weight excluding hydrogens is 450 g/mol. The largest absolute Gasteiger partial charge is 0.390 e. The maximum Gasteiger partial charge on any atom is 0.390 e. The Balaban J connectivity index is 1.78. The zero-order chi connectivity index (χ0) is 24.5. The van der Waals surface area contributed by atoms with E-state index in [0.717, 1.165) is 0 Å². The van der Waals surface area contributed by atoms with Crippen LogP contribution in [-0.2, 0) is 6.42 Å². The topological polar surface area (TPSA) is 85.3 Å². The fraction of sp³-hybridized carbons (Fsp3) is 0.208. The molecule has 0 bridgehead atoms. The Morgan fingerprint density at radius 2 is 1.94 bits per heavy atom. The minimum Gasteiger partial charge on any atom is -0.382 e. The number of hydrogen-bond acceptors (Lipinski definition) is 4. The second-order valence-corrected chi connectivity index (χ2v) is 7.92. The fourth-order valence-corrected chi connectivity index (χ4v) is 3.73. The van der Waals surface area contributed by atoms with E-state index in [1.54, 1.807) is 49.5 Å². The van der Waals surface area contributed by atoms with E-state index in [-0.39, 0.29) is 13.0 Å². The van der Waals surface area contributed by atoms with Crippen molar-refractivity contribution in [1.82, 2.24) is 14.6 Å². The van der Waals surface area contributed by atoms with Gasteiger partial charge in [-0.05, 0) is 48.4 Å². The second kappa shape index (κ2) is 9.12. The number of nitrogens with zero attached hydrogens (tertiary/aromatic N) is 3. The molecule has 0 aliphatic rings. The molecular formula is C24H21F4N5O. The molecule has 6 nitrogen and oxygen atoms in total. The zero-order valence-electron chi connectivity index (χ0n) is 18.2. The number of nitrogens with two attached hydrogens (primary N) is 1. The van der Waals surface area contributed by atoms with Gasteiger partial charge in [-0.15, -0.1) is 0 Å². The van der Waals surface area contributed by atoms with Gasteiger partial charge in [-0.2, -0.15) is 18.3 Å². The molecule has 2 aromatic heterocycles. The van der Waals surface area contributed by atoms with Crippen molar-refractivity contribution in [2.45, 2.75) is 25.9 Å². The Morgan fingerprint density at radius 1 is 1.15 bits per heavy atom. The number of rotatable bonds is 7. The summed E-state index contributed by atoms with van der Waals surface area (Å²) in [5.41, 5.74) is 9.61. The van der Waals surface area contributed by atoms with E-state index in [4.69, 9.17) is 5.73 Å². The predicted molar refractivity (Wildman–Crippen MR) is 120 cm³/mol. The number of hydrogen-bond donors (Lipinski definition) is 2. The molecule has 4 rings (SSSR count). The third-order valence-corrected chi connectivity index (χ3v) is 5.30. The van der Waals surface area contributed by atoms with Gasteiger partial charge in [0.2, 0.25) is 5.91 Å². The van der Waals surface area contributed by atoms with E-state index in [0.29, 0.717) is 45.0 Å². The number of imidazole rings is 1. The maximum absolute atomic E-state index is 13.7. The van der Waals surface area contributed by atoms with Gasteiger partial charge in [0.05, 0.1) is 29.7 Å². The summed E-state index contributed by atoms with van der Waals surface area (Å²) in [5, 5.41) is 7.42. The molecule has 10 heteroatoms. The molecule has 2 heterocycles. The Bertz CT molecular complexity index is 1360. The van der Waals surface area contributed by atoms with Crippen molar-refractivity contribution in [1.29, 1.82) is 0 Å². The molecule has 0 atom stereocenters. The monoisotopic (exact) mass is 471 g/mol. The summed E-state index contributed by atoms with van der Waals surface area (Å²) >= 11 is 0. The molecule has 0 saturated heterocycles. The number of benzene rings is 2. The fourth-order valence-electron chi connectivity index (χ4n) is 3.73. The van der Waals surface area contributed by atoms with Gasteiger partial charge >= 0.3 is 6.18 Å². The number of halogens is 4. The highest BCUT2D eigenvalue weighted by Gasteiger charge is 2.26. The van der Waals surface area contributed by atoms with Gasteiger partial charge in [-0.25, -0.2) is 13.9 Å². The molecule has 2 aromatic carbocycles. The highest BCUT2D eigenvalue weighted by molar-refractivity contribution is 5.94. The van der Waals surface area contributed by atoms with Crippen molar-refractivity contribution >= 4 is 17.2 Å². The smallest absolute Gasteiger partial charge is 0.382 e. The molecule has 0 aliphatic heterocycles. The summed E-state index contributed by atoms with van der Waals surface area (Å²) in [6.07, 6.45) is -3.50. The van der Waals surface area contributed by atoms with E-state index in [1.165, 1.54) is 16.6 Å². The molecule has 3 N–H and O–H groups in total.